The minimum absolute atomic E-state index is 0. The topological polar surface area (TPSA) is 0 Å². The van der Waals surface area contributed by atoms with Crippen LogP contribution in [-0.4, -0.2) is 3.21 Å². The smallest absolute Gasteiger partial charge is 1.00 e. The summed E-state index contributed by atoms with van der Waals surface area (Å²) >= 11 is -2.75. The van der Waals surface area contributed by atoms with Crippen LogP contribution in [0.15, 0.2) is 87.7 Å². The maximum absolute atomic E-state index is 2.87. The normalized spacial score (nSPS) is 26.9. The molecule has 3 heteroatoms. The number of fused-ring (bicyclic) bond motifs is 4. The minimum atomic E-state index is -2.75. The van der Waals surface area contributed by atoms with Crippen LogP contribution < -0.4 is 24.8 Å². The first kappa shape index (κ1) is 41.1. The van der Waals surface area contributed by atoms with Crippen LogP contribution in [0.3, 0.4) is 0 Å². The van der Waals surface area contributed by atoms with Crippen molar-refractivity contribution >= 4 is 14.0 Å². The van der Waals surface area contributed by atoms with Crippen molar-refractivity contribution in [2.45, 2.75) is 123 Å². The average molecular weight is 849 g/mol. The molecule has 4 saturated carbocycles. The van der Waals surface area contributed by atoms with Crippen LogP contribution in [0, 0.1) is 48.9 Å². The molecule has 1 unspecified atom stereocenters. The summed E-state index contributed by atoms with van der Waals surface area (Å²) in [6, 6.07) is 26.9. The van der Waals surface area contributed by atoms with Gasteiger partial charge < -0.3 is 24.8 Å². The van der Waals surface area contributed by atoms with Gasteiger partial charge in [-0.3, -0.25) is 0 Å². The zero-order chi connectivity index (χ0) is 37.4. The fraction of sp³-hybridized carbons (Fsp3) is 0.481. The maximum Gasteiger partial charge on any atom is -1.00 e. The first-order valence-corrected chi connectivity index (χ1v) is 24.8. The molecule has 4 fully saturated rings. The van der Waals surface area contributed by atoms with Crippen LogP contribution in [0.1, 0.15) is 137 Å². The van der Waals surface area contributed by atoms with Gasteiger partial charge in [-0.2, -0.15) is 0 Å². The van der Waals surface area contributed by atoms with Crippen molar-refractivity contribution < 1.29 is 46.1 Å². The molecule has 0 heterocycles. The van der Waals surface area contributed by atoms with Crippen molar-refractivity contribution in [2.75, 3.05) is 0 Å². The molecule has 6 aliphatic carbocycles. The number of halogens is 2. The number of hydrogen-bond donors (Lipinski definition) is 0. The van der Waals surface area contributed by atoms with Crippen molar-refractivity contribution in [1.29, 1.82) is 0 Å². The van der Waals surface area contributed by atoms with E-state index >= 15 is 0 Å². The van der Waals surface area contributed by atoms with Gasteiger partial charge in [0.25, 0.3) is 0 Å². The Morgan fingerprint density at radius 2 is 1.18 bits per heavy atom. The van der Waals surface area contributed by atoms with Gasteiger partial charge in [0.1, 0.15) is 0 Å². The van der Waals surface area contributed by atoms with Gasteiger partial charge in [0.05, 0.1) is 0 Å². The van der Waals surface area contributed by atoms with Gasteiger partial charge in [-0.15, -0.1) is 0 Å². The molecule has 0 amide bonds. The first-order valence-electron chi connectivity index (χ1n) is 21.0. The van der Waals surface area contributed by atoms with Gasteiger partial charge in [0, 0.05) is 0 Å². The summed E-state index contributed by atoms with van der Waals surface area (Å²) in [5.41, 5.74) is 15.9. The molecular weight excluding hydrogens is 787 g/mol. The zero-order valence-corrected chi connectivity index (χ0v) is 39.2. The van der Waals surface area contributed by atoms with Gasteiger partial charge in [0.2, 0.25) is 0 Å². The van der Waals surface area contributed by atoms with E-state index < -0.39 is 21.3 Å². The molecule has 1 atom stereocenters. The standard InChI is InChI=1S/C23H29.C17H23.C12H10.2ClH.Zr/c1-14-9-16-11-17-10-15(2)21(23(6,7)8)13-19(17)18(16)12-20(14)22(3,4)5;1-11-3-4-14(5-11)17(2)15-7-12-6-13(9-15)10-16(17)8-12;1-2-10-7-8-11-5-3-4-6-12(11)9-10;;;/h9-13H,1-8H3;4-5,11-13,15-16H,6-10H2,1-2H3;3-9H,1H3;2*1H;/q;;;;;+2/p-2. The molecule has 0 N–H and O–H groups in total. The van der Waals surface area contributed by atoms with E-state index in [4.69, 9.17) is 0 Å². The van der Waals surface area contributed by atoms with Crippen LogP contribution in [0.5, 0.6) is 0 Å². The number of aryl methyl sites for hydroxylation is 2. The SMILES string of the molecule is C/[C](c1ccc2ccccc2c1)=[Zr+2](/[C]1=CC(C2(C)C3CC4CC(C3)CC2C4)=CC1C)[CH]1c2cc(C)c(C(C)(C)C)cc2-c2cc(C(C)(C)C)c(C)cc21.[Cl-].[Cl-]. The fourth-order valence-corrected chi connectivity index (χ4v) is 21.6. The molecule has 4 aromatic rings. The zero-order valence-electron chi connectivity index (χ0n) is 35.3. The van der Waals surface area contributed by atoms with Crippen LogP contribution in [0.25, 0.3) is 21.9 Å². The predicted molar refractivity (Wildman–Crippen MR) is 225 cm³/mol. The molecule has 55 heavy (non-hydrogen) atoms. The molecule has 288 valence electrons. The summed E-state index contributed by atoms with van der Waals surface area (Å²) in [4.78, 5) is 0. The summed E-state index contributed by atoms with van der Waals surface area (Å²) < 4.78 is 4.00. The van der Waals surface area contributed by atoms with E-state index in [0.29, 0.717) is 15.0 Å². The van der Waals surface area contributed by atoms with Crippen molar-refractivity contribution in [3.05, 3.63) is 127 Å². The molecule has 10 rings (SSSR count). The Morgan fingerprint density at radius 3 is 1.69 bits per heavy atom. The second-order valence-corrected chi connectivity index (χ2v) is 27.4. The summed E-state index contributed by atoms with van der Waals surface area (Å²) in [6.45, 7) is 27.0. The second-order valence-electron chi connectivity index (χ2n) is 20.6. The Hall–Kier alpha value is -2.05. The van der Waals surface area contributed by atoms with Crippen LogP contribution in [0.2, 0.25) is 0 Å². The molecule has 0 aromatic heterocycles. The van der Waals surface area contributed by atoms with Gasteiger partial charge in [0.15, 0.2) is 0 Å². The Bertz CT molecular complexity index is 2190. The van der Waals surface area contributed by atoms with E-state index in [9.17, 15) is 0 Å². The van der Waals surface area contributed by atoms with Crippen molar-refractivity contribution in [2.24, 2.45) is 35.0 Å². The summed E-state index contributed by atoms with van der Waals surface area (Å²) in [6.07, 6.45) is 13.1. The molecule has 0 radical (unpaired) electrons. The van der Waals surface area contributed by atoms with E-state index in [1.54, 1.807) is 19.9 Å². The second kappa shape index (κ2) is 14.3. The third-order valence-corrected chi connectivity index (χ3v) is 23.8. The largest absolute Gasteiger partial charge is 1.00 e. The Kier molecular flexibility index (Phi) is 10.7. The van der Waals surface area contributed by atoms with Crippen LogP contribution >= 0.6 is 0 Å². The number of rotatable bonds is 4. The van der Waals surface area contributed by atoms with E-state index in [1.165, 1.54) is 81.8 Å². The first-order chi connectivity index (χ1) is 25.0. The van der Waals surface area contributed by atoms with E-state index in [0.717, 1.165) is 23.7 Å². The Morgan fingerprint density at radius 1 is 0.673 bits per heavy atom. The number of benzene rings is 4. The maximum atomic E-state index is 2.87. The number of allylic oxidation sites excluding steroid dienone is 4. The minimum Gasteiger partial charge on any atom is -1.00 e. The van der Waals surface area contributed by atoms with Crippen molar-refractivity contribution in [3.8, 4) is 11.1 Å². The monoisotopic (exact) mass is 846 g/mol. The molecule has 0 saturated heterocycles. The summed E-state index contributed by atoms with van der Waals surface area (Å²) in [7, 11) is 0. The molecule has 6 aliphatic rings. The van der Waals surface area contributed by atoms with E-state index in [2.05, 4.69) is 155 Å². The van der Waals surface area contributed by atoms with Gasteiger partial charge in [-0.05, 0) is 0 Å². The average Bonchev–Trinajstić information content (AvgIpc) is 3.62. The number of hydrogen-bond acceptors (Lipinski definition) is 0. The molecule has 0 spiro atoms. The Labute approximate surface area is 353 Å². The predicted octanol–water partition coefficient (Wildman–Crippen LogP) is 7.91. The van der Waals surface area contributed by atoms with E-state index in [-0.39, 0.29) is 35.6 Å². The molecule has 4 bridgehead atoms. The quantitative estimate of drug-likeness (QED) is 0.196. The van der Waals surface area contributed by atoms with Crippen molar-refractivity contribution in [3.63, 3.8) is 0 Å². The van der Waals surface area contributed by atoms with Gasteiger partial charge >= 0.3 is 331 Å². The summed E-state index contributed by atoms with van der Waals surface area (Å²) in [5.74, 6) is 4.24. The van der Waals surface area contributed by atoms with Gasteiger partial charge in [-0.1, -0.05) is 0 Å². The van der Waals surface area contributed by atoms with E-state index in [1.807, 2.05) is 3.28 Å². The fourth-order valence-electron chi connectivity index (χ4n) is 12.7. The Balaban J connectivity index is 0.00000233. The van der Waals surface area contributed by atoms with Crippen molar-refractivity contribution in [1.82, 2.24) is 0 Å². The summed E-state index contributed by atoms with van der Waals surface area (Å²) in [5, 5.41) is 2.71. The molecular formula is C52H62Cl2Zr. The molecule has 4 aromatic carbocycles. The third-order valence-electron chi connectivity index (χ3n) is 15.2. The van der Waals surface area contributed by atoms with Crippen LogP contribution in [0.4, 0.5) is 0 Å². The van der Waals surface area contributed by atoms with Gasteiger partial charge in [-0.25, -0.2) is 0 Å². The van der Waals surface area contributed by atoms with Crippen LogP contribution in [-0.2, 0) is 32.1 Å². The molecule has 0 nitrogen and oxygen atoms in total. The molecule has 0 aliphatic heterocycles. The third kappa shape index (κ3) is 6.62.